The Kier molecular flexibility index (Phi) is 9.69. The molecule has 0 rings (SSSR count). The van der Waals surface area contributed by atoms with E-state index in [1.165, 1.54) is 13.0 Å². The zero-order chi connectivity index (χ0) is 15.8. The fraction of sp³-hybridized carbons (Fsp3) is 1.00. The predicted molar refractivity (Wildman–Crippen MR) is 91.4 cm³/mol. The zero-order valence-electron chi connectivity index (χ0n) is 15.3. The van der Waals surface area contributed by atoms with Crippen LogP contribution in [-0.2, 0) is 0 Å². The lowest BCUT2D eigenvalue weighted by Gasteiger charge is -2.37. The molecule has 0 aliphatic carbocycles. The highest BCUT2D eigenvalue weighted by molar-refractivity contribution is 4.84. The van der Waals surface area contributed by atoms with Gasteiger partial charge in [-0.2, -0.15) is 0 Å². The lowest BCUT2D eigenvalue weighted by atomic mass is 9.86. The number of nitrogens with one attached hydrogen (secondary N) is 1. The fourth-order valence-corrected chi connectivity index (χ4v) is 2.34. The molecule has 0 radical (unpaired) electrons. The average Bonchev–Trinajstić information content (AvgIpc) is 2.28. The molecule has 0 spiro atoms. The first kappa shape index (κ1) is 19.9. The molecule has 0 aliphatic rings. The van der Waals surface area contributed by atoms with Crippen molar-refractivity contribution >= 4 is 0 Å². The van der Waals surface area contributed by atoms with Crippen LogP contribution in [0, 0.1) is 11.3 Å². The molecule has 0 aliphatic heterocycles. The molecule has 3 nitrogen and oxygen atoms in total. The van der Waals surface area contributed by atoms with Crippen molar-refractivity contribution in [3.63, 3.8) is 0 Å². The van der Waals surface area contributed by atoms with Crippen LogP contribution in [0.25, 0.3) is 0 Å². The van der Waals surface area contributed by atoms with E-state index < -0.39 is 0 Å². The quantitative estimate of drug-likeness (QED) is 0.666. The summed E-state index contributed by atoms with van der Waals surface area (Å²) in [4.78, 5) is 4.90. The molecule has 1 atom stereocenters. The summed E-state index contributed by atoms with van der Waals surface area (Å²) < 4.78 is 0. The monoisotopic (exact) mass is 285 g/mol. The summed E-state index contributed by atoms with van der Waals surface area (Å²) in [5.41, 5.74) is 0.308. The second kappa shape index (κ2) is 9.75. The van der Waals surface area contributed by atoms with Crippen molar-refractivity contribution in [2.75, 3.05) is 46.8 Å². The average molecular weight is 286 g/mol. The Bertz CT molecular complexity index is 231. The smallest absolute Gasteiger partial charge is 0.0243 e. The second-order valence-electron chi connectivity index (χ2n) is 7.83. The predicted octanol–water partition coefficient (Wildman–Crippen LogP) is 2.92. The number of hydrogen-bond acceptors (Lipinski definition) is 3. The van der Waals surface area contributed by atoms with Crippen molar-refractivity contribution in [2.24, 2.45) is 11.3 Å². The normalized spacial score (nSPS) is 14.6. The van der Waals surface area contributed by atoms with Gasteiger partial charge in [-0.3, -0.25) is 0 Å². The van der Waals surface area contributed by atoms with E-state index in [2.05, 4.69) is 70.8 Å². The molecule has 3 heteroatoms. The van der Waals surface area contributed by atoms with Crippen molar-refractivity contribution in [1.29, 1.82) is 0 Å². The van der Waals surface area contributed by atoms with Gasteiger partial charge in [0.15, 0.2) is 0 Å². The molecule has 0 bridgehead atoms. The summed E-state index contributed by atoms with van der Waals surface area (Å²) in [5.74, 6) is 0.726. The summed E-state index contributed by atoms with van der Waals surface area (Å²) in [7, 11) is 4.31. The molecule has 1 N–H and O–H groups in total. The van der Waals surface area contributed by atoms with Gasteiger partial charge >= 0.3 is 0 Å². The van der Waals surface area contributed by atoms with Gasteiger partial charge in [-0.15, -0.1) is 0 Å². The maximum absolute atomic E-state index is 3.75. The van der Waals surface area contributed by atoms with E-state index in [4.69, 9.17) is 0 Å². The Balaban J connectivity index is 4.60. The summed E-state index contributed by atoms with van der Waals surface area (Å²) in [6.07, 6.45) is 1.20. The zero-order valence-corrected chi connectivity index (χ0v) is 15.3. The summed E-state index contributed by atoms with van der Waals surface area (Å²) in [6.45, 7) is 19.7. The first-order chi connectivity index (χ1) is 9.16. The summed E-state index contributed by atoms with van der Waals surface area (Å²) in [6, 6.07) is 0.559. The first-order valence-electron chi connectivity index (χ1n) is 8.27. The van der Waals surface area contributed by atoms with Crippen molar-refractivity contribution in [2.45, 2.75) is 54.0 Å². The fourth-order valence-electron chi connectivity index (χ4n) is 2.34. The Morgan fingerprint density at radius 2 is 1.60 bits per heavy atom. The van der Waals surface area contributed by atoms with E-state index in [0.29, 0.717) is 11.5 Å². The number of likely N-dealkylation sites (N-methyl/N-ethyl adjacent to an activating group) is 1. The van der Waals surface area contributed by atoms with E-state index in [1.807, 2.05) is 0 Å². The second-order valence-corrected chi connectivity index (χ2v) is 7.83. The van der Waals surface area contributed by atoms with Crippen molar-refractivity contribution in [1.82, 2.24) is 15.1 Å². The van der Waals surface area contributed by atoms with Crippen molar-refractivity contribution in [3.8, 4) is 0 Å². The highest BCUT2D eigenvalue weighted by Crippen LogP contribution is 2.20. The SMILES string of the molecule is CCCNC(CN(CCN(C)C)CC(C)C)C(C)(C)C. The third-order valence-electron chi connectivity index (χ3n) is 3.61. The largest absolute Gasteiger partial charge is 0.312 e. The molecule has 0 saturated heterocycles. The van der Waals surface area contributed by atoms with E-state index >= 15 is 0 Å². The van der Waals surface area contributed by atoms with Gasteiger partial charge in [0.05, 0.1) is 0 Å². The Morgan fingerprint density at radius 3 is 2.00 bits per heavy atom. The molecule has 122 valence electrons. The van der Waals surface area contributed by atoms with E-state index in [1.54, 1.807) is 0 Å². The minimum Gasteiger partial charge on any atom is -0.312 e. The molecule has 0 heterocycles. The van der Waals surface area contributed by atoms with Crippen LogP contribution in [0.4, 0.5) is 0 Å². The topological polar surface area (TPSA) is 18.5 Å². The number of rotatable bonds is 10. The molecule has 0 aromatic heterocycles. The first-order valence-corrected chi connectivity index (χ1v) is 8.27. The minimum absolute atomic E-state index is 0.308. The molecule has 0 amide bonds. The van der Waals surface area contributed by atoms with Gasteiger partial charge in [-0.1, -0.05) is 41.5 Å². The Hall–Kier alpha value is -0.120. The highest BCUT2D eigenvalue weighted by atomic mass is 15.2. The van der Waals surface area contributed by atoms with Crippen LogP contribution < -0.4 is 5.32 Å². The molecule has 0 saturated carbocycles. The Morgan fingerprint density at radius 1 is 1.00 bits per heavy atom. The van der Waals surface area contributed by atoms with Crippen LogP contribution >= 0.6 is 0 Å². The lowest BCUT2D eigenvalue weighted by molar-refractivity contribution is 0.151. The molecule has 0 aromatic rings. The van der Waals surface area contributed by atoms with Crippen LogP contribution in [0.15, 0.2) is 0 Å². The van der Waals surface area contributed by atoms with Crippen LogP contribution in [0.5, 0.6) is 0 Å². The van der Waals surface area contributed by atoms with Crippen LogP contribution in [-0.4, -0.2) is 62.7 Å². The molecule has 0 fully saturated rings. The van der Waals surface area contributed by atoms with E-state index in [9.17, 15) is 0 Å². The minimum atomic E-state index is 0.308. The molecule has 0 aromatic carbocycles. The van der Waals surface area contributed by atoms with Crippen LogP contribution in [0.1, 0.15) is 48.0 Å². The van der Waals surface area contributed by atoms with E-state index in [0.717, 1.165) is 32.1 Å². The summed E-state index contributed by atoms with van der Waals surface area (Å²) in [5, 5.41) is 3.75. The van der Waals surface area contributed by atoms with Crippen molar-refractivity contribution in [3.05, 3.63) is 0 Å². The molecule has 1 unspecified atom stereocenters. The lowest BCUT2D eigenvalue weighted by Crippen LogP contribution is -2.50. The maximum atomic E-state index is 3.75. The Labute approximate surface area is 128 Å². The van der Waals surface area contributed by atoms with Crippen molar-refractivity contribution < 1.29 is 0 Å². The van der Waals surface area contributed by atoms with Gasteiger partial charge in [-0.05, 0) is 38.4 Å². The van der Waals surface area contributed by atoms with Gasteiger partial charge in [0.2, 0.25) is 0 Å². The van der Waals surface area contributed by atoms with Gasteiger partial charge in [0.25, 0.3) is 0 Å². The van der Waals surface area contributed by atoms with Gasteiger partial charge in [-0.25, -0.2) is 0 Å². The summed E-state index contributed by atoms with van der Waals surface area (Å²) >= 11 is 0. The molecular weight excluding hydrogens is 246 g/mol. The van der Waals surface area contributed by atoms with Gasteiger partial charge in [0, 0.05) is 32.2 Å². The van der Waals surface area contributed by atoms with E-state index in [-0.39, 0.29) is 0 Å². The number of nitrogens with zero attached hydrogens (tertiary/aromatic N) is 2. The standard InChI is InChI=1S/C17H39N3/c1-9-10-18-16(17(4,5)6)14-20(13-15(2)3)12-11-19(7)8/h15-16,18H,9-14H2,1-8H3. The molecular formula is C17H39N3. The highest BCUT2D eigenvalue weighted by Gasteiger charge is 2.26. The third kappa shape index (κ3) is 9.73. The molecule has 20 heavy (non-hydrogen) atoms. The third-order valence-corrected chi connectivity index (χ3v) is 3.61. The van der Waals surface area contributed by atoms with Crippen LogP contribution in [0.3, 0.4) is 0 Å². The van der Waals surface area contributed by atoms with Gasteiger partial charge < -0.3 is 15.1 Å². The maximum Gasteiger partial charge on any atom is 0.0243 e. The van der Waals surface area contributed by atoms with Crippen LogP contribution in [0.2, 0.25) is 0 Å². The number of hydrogen-bond donors (Lipinski definition) is 1. The van der Waals surface area contributed by atoms with Gasteiger partial charge in [0.1, 0.15) is 0 Å².